The van der Waals surface area contributed by atoms with E-state index in [9.17, 15) is 24.5 Å². The summed E-state index contributed by atoms with van der Waals surface area (Å²) in [5.74, 6) is -2.31. The smallest absolute Gasteiger partial charge is 0.305 e. The van der Waals surface area contributed by atoms with Gasteiger partial charge in [0.1, 0.15) is 17.6 Å². The molecule has 1 N–H and O–H groups in total. The average molecular weight is 580 g/mol. The van der Waals surface area contributed by atoms with E-state index in [0.717, 1.165) is 33.6 Å². The molecule has 0 saturated carbocycles. The van der Waals surface area contributed by atoms with Crippen molar-refractivity contribution in [1.82, 2.24) is 4.98 Å². The number of rotatable bonds is 6. The average Bonchev–Trinajstić information content (AvgIpc) is 3.42. The molecule has 3 heterocycles. The Balaban J connectivity index is 1.48. The third kappa shape index (κ3) is 4.52. The Kier molecular flexibility index (Phi) is 6.49. The van der Waals surface area contributed by atoms with E-state index in [1.165, 1.54) is 18.2 Å². The van der Waals surface area contributed by atoms with Crippen molar-refractivity contribution in [3.8, 4) is 5.75 Å². The topological polar surface area (TPSA) is 123 Å². The van der Waals surface area contributed by atoms with Gasteiger partial charge in [-0.3, -0.25) is 24.5 Å². The van der Waals surface area contributed by atoms with Crippen molar-refractivity contribution < 1.29 is 19.2 Å². The number of fused-ring (bicyclic) bond motifs is 2. The van der Waals surface area contributed by atoms with Gasteiger partial charge < -0.3 is 9.72 Å². The minimum atomic E-state index is -0.918. The maximum atomic E-state index is 13.9. The van der Waals surface area contributed by atoms with E-state index >= 15 is 0 Å². The summed E-state index contributed by atoms with van der Waals surface area (Å²) in [5.41, 5.74) is 1.43. The normalized spacial score (nSPS) is 20.0. The number of H-pyrrole nitrogens is 1. The number of hydrogen-bond donors (Lipinski definition) is 1. The Bertz CT molecular complexity index is 1670. The lowest BCUT2D eigenvalue weighted by atomic mass is 9.82. The van der Waals surface area contributed by atoms with Crippen molar-refractivity contribution in [2.24, 2.45) is 5.92 Å². The molecule has 6 rings (SSSR count). The zero-order valence-electron chi connectivity index (χ0n) is 19.9. The number of amides is 2. The molecular formula is C27H18ClN3O6S2. The van der Waals surface area contributed by atoms with Crippen LogP contribution in [0.3, 0.4) is 0 Å². The molecule has 12 heteroatoms. The lowest BCUT2D eigenvalue weighted by Gasteiger charge is -2.30. The van der Waals surface area contributed by atoms with Crippen molar-refractivity contribution in [3.63, 3.8) is 0 Å². The van der Waals surface area contributed by atoms with Gasteiger partial charge in [-0.15, -0.1) is 0 Å². The highest BCUT2D eigenvalue weighted by molar-refractivity contribution is 8.00. The van der Waals surface area contributed by atoms with Crippen LogP contribution < -0.4 is 14.5 Å². The maximum Gasteiger partial charge on any atom is 0.305 e. The zero-order valence-corrected chi connectivity index (χ0v) is 22.3. The number of hydrogen-bond acceptors (Lipinski definition) is 8. The predicted octanol–water partition coefficient (Wildman–Crippen LogP) is 5.37. The summed E-state index contributed by atoms with van der Waals surface area (Å²) in [5, 5.41) is 11.8. The summed E-state index contributed by atoms with van der Waals surface area (Å²) in [6, 6.07) is 20.0. The number of benzene rings is 3. The number of aromatic amines is 1. The van der Waals surface area contributed by atoms with E-state index in [1.54, 1.807) is 24.3 Å². The molecule has 4 aromatic rings. The van der Waals surface area contributed by atoms with E-state index in [0.29, 0.717) is 31.9 Å². The number of halogens is 1. The number of nitrogens with zero attached hydrogens (tertiary/aromatic N) is 2. The van der Waals surface area contributed by atoms with Crippen LogP contribution in [0.15, 0.2) is 82.6 Å². The number of ether oxygens (including phenoxy) is 1. The van der Waals surface area contributed by atoms with Crippen molar-refractivity contribution in [2.45, 2.75) is 22.8 Å². The zero-order chi connectivity index (χ0) is 27.3. The van der Waals surface area contributed by atoms with Gasteiger partial charge in [-0.2, -0.15) is 0 Å². The number of anilines is 1. The van der Waals surface area contributed by atoms with Crippen LogP contribution in [0.2, 0.25) is 5.02 Å². The Hall–Kier alpha value is -3.93. The summed E-state index contributed by atoms with van der Waals surface area (Å²) >= 11 is 8.07. The molecule has 2 aliphatic heterocycles. The van der Waals surface area contributed by atoms with Crippen LogP contribution in [-0.2, 0) is 16.2 Å². The number of aromatic nitrogens is 1. The molecule has 39 heavy (non-hydrogen) atoms. The van der Waals surface area contributed by atoms with Crippen LogP contribution in [0.4, 0.5) is 11.4 Å². The molecule has 196 valence electrons. The van der Waals surface area contributed by atoms with Crippen molar-refractivity contribution in [3.05, 3.63) is 114 Å². The molecule has 2 unspecified atom stereocenters. The highest BCUT2D eigenvalue weighted by Crippen LogP contribution is 2.55. The van der Waals surface area contributed by atoms with Crippen molar-refractivity contribution >= 4 is 57.9 Å². The Morgan fingerprint density at radius 1 is 1.00 bits per heavy atom. The van der Waals surface area contributed by atoms with Gasteiger partial charge in [-0.05, 0) is 35.9 Å². The summed E-state index contributed by atoms with van der Waals surface area (Å²) in [7, 11) is 0. The van der Waals surface area contributed by atoms with Gasteiger partial charge >= 0.3 is 4.87 Å². The minimum absolute atomic E-state index is 0.182. The molecule has 0 bridgehead atoms. The lowest BCUT2D eigenvalue weighted by Crippen LogP contribution is -2.32. The first-order chi connectivity index (χ1) is 18.8. The molecule has 0 radical (unpaired) electrons. The number of nitro benzene ring substituents is 1. The molecule has 2 amide bonds. The first kappa shape index (κ1) is 25.4. The standard InChI is InChI=1S/C27H18ClN3O6S2/c28-15-6-8-16(9-7-15)30-25(32)21-20(22-24(29-27(34)39-22)38-23(21)26(30)33)18-12-17(31(35)36)10-11-19(18)37-13-14-4-2-1-3-5-14/h1-12,20-21,23H,13H2,(H,29,34)/t20-,21?,23?/m1/s1. The van der Waals surface area contributed by atoms with E-state index < -0.39 is 33.8 Å². The van der Waals surface area contributed by atoms with Gasteiger partial charge in [0, 0.05) is 33.5 Å². The van der Waals surface area contributed by atoms with Gasteiger partial charge in [0.25, 0.3) is 5.69 Å². The highest BCUT2D eigenvalue weighted by atomic mass is 35.5. The predicted molar refractivity (Wildman–Crippen MR) is 148 cm³/mol. The molecule has 0 spiro atoms. The first-order valence-corrected chi connectivity index (χ1v) is 13.9. The largest absolute Gasteiger partial charge is 0.489 e. The molecule has 1 saturated heterocycles. The Morgan fingerprint density at radius 2 is 1.74 bits per heavy atom. The highest BCUT2D eigenvalue weighted by Gasteiger charge is 2.57. The number of carbonyl (C=O) groups excluding carboxylic acids is 2. The number of nitrogens with one attached hydrogen (secondary N) is 1. The van der Waals surface area contributed by atoms with Gasteiger partial charge in [0.15, 0.2) is 0 Å². The second-order valence-electron chi connectivity index (χ2n) is 8.99. The number of non-ortho nitro benzene ring substituents is 1. The van der Waals surface area contributed by atoms with Crippen LogP contribution in [0.1, 0.15) is 21.9 Å². The van der Waals surface area contributed by atoms with Crippen LogP contribution in [0.25, 0.3) is 0 Å². The SMILES string of the molecule is O=C1C2Sc3[nH]c(=O)sc3[C@H](c3cc([N+](=O)[O-])ccc3OCc3ccccc3)C2C(=O)N1c1ccc(Cl)cc1. The first-order valence-electron chi connectivity index (χ1n) is 11.8. The summed E-state index contributed by atoms with van der Waals surface area (Å²) in [4.78, 5) is 55.3. The molecule has 1 fully saturated rings. The fourth-order valence-electron chi connectivity index (χ4n) is 4.96. The lowest BCUT2D eigenvalue weighted by molar-refractivity contribution is -0.385. The second kappa shape index (κ2) is 9.99. The van der Waals surface area contributed by atoms with Crippen molar-refractivity contribution in [2.75, 3.05) is 4.90 Å². The third-order valence-corrected chi connectivity index (χ3v) is 9.34. The van der Waals surface area contributed by atoms with Crippen LogP contribution >= 0.6 is 34.7 Å². The number of carbonyl (C=O) groups is 2. The molecular weight excluding hydrogens is 562 g/mol. The van der Waals surface area contributed by atoms with Crippen LogP contribution in [-0.4, -0.2) is 27.0 Å². The third-order valence-electron chi connectivity index (χ3n) is 6.69. The maximum absolute atomic E-state index is 13.9. The molecule has 2 aliphatic rings. The molecule has 1 aromatic heterocycles. The summed E-state index contributed by atoms with van der Waals surface area (Å²) < 4.78 is 6.13. The quantitative estimate of drug-likeness (QED) is 0.185. The van der Waals surface area contributed by atoms with Gasteiger partial charge in [-0.25, -0.2) is 4.90 Å². The van der Waals surface area contributed by atoms with E-state index in [4.69, 9.17) is 16.3 Å². The number of thioether (sulfide) groups is 1. The van der Waals surface area contributed by atoms with Gasteiger partial charge in [-0.1, -0.05) is 65.0 Å². The fraction of sp³-hybridized carbons (Fsp3) is 0.148. The second-order valence-corrected chi connectivity index (χ2v) is 11.6. The monoisotopic (exact) mass is 579 g/mol. The van der Waals surface area contributed by atoms with E-state index in [1.807, 2.05) is 30.3 Å². The molecule has 9 nitrogen and oxygen atoms in total. The van der Waals surface area contributed by atoms with Gasteiger partial charge in [0.05, 0.1) is 21.6 Å². The molecule has 0 aliphatic carbocycles. The summed E-state index contributed by atoms with van der Waals surface area (Å²) in [6.45, 7) is 0.182. The van der Waals surface area contributed by atoms with Crippen molar-refractivity contribution in [1.29, 1.82) is 0 Å². The molecule has 3 aromatic carbocycles. The Morgan fingerprint density at radius 3 is 2.46 bits per heavy atom. The Labute approximate surface area is 234 Å². The molecule has 3 atom stereocenters. The van der Waals surface area contributed by atoms with Crippen LogP contribution in [0.5, 0.6) is 5.75 Å². The van der Waals surface area contributed by atoms with Gasteiger partial charge in [0.2, 0.25) is 11.8 Å². The van der Waals surface area contributed by atoms with E-state index in [2.05, 4.69) is 4.98 Å². The number of thiazole rings is 1. The fourth-order valence-corrected chi connectivity index (χ4v) is 7.59. The summed E-state index contributed by atoms with van der Waals surface area (Å²) in [6.07, 6.45) is 0. The number of imide groups is 1. The van der Waals surface area contributed by atoms with Crippen LogP contribution in [0, 0.1) is 16.0 Å². The minimum Gasteiger partial charge on any atom is -0.489 e. The van der Waals surface area contributed by atoms with E-state index in [-0.39, 0.29) is 17.2 Å². The number of nitro groups is 1.